The molecule has 0 aliphatic heterocycles. The van der Waals surface area contributed by atoms with Crippen molar-refractivity contribution in [3.8, 4) is 0 Å². The molecule has 0 saturated heterocycles. The molecule has 0 spiro atoms. The molecule has 134 valence electrons. The van der Waals surface area contributed by atoms with Crippen molar-refractivity contribution in [2.75, 3.05) is 19.6 Å². The smallest absolute Gasteiger partial charge is 0.275 e. The minimum Gasteiger partial charge on any atom is -0.355 e. The van der Waals surface area contributed by atoms with Crippen molar-refractivity contribution in [3.05, 3.63) is 40.3 Å². The predicted molar refractivity (Wildman–Crippen MR) is 96.6 cm³/mol. The van der Waals surface area contributed by atoms with Gasteiger partial charge in [0.25, 0.3) is 11.5 Å². The first-order valence-corrected chi connectivity index (χ1v) is 8.48. The fraction of sp³-hybridized carbons (Fsp3) is 0.444. The number of nitrogens with one attached hydrogen (secondary N) is 1. The van der Waals surface area contributed by atoms with Crippen LogP contribution in [0, 0.1) is 0 Å². The molecule has 2 aromatic rings. The first-order valence-electron chi connectivity index (χ1n) is 8.48. The van der Waals surface area contributed by atoms with Crippen molar-refractivity contribution < 1.29 is 9.59 Å². The third-order valence-corrected chi connectivity index (χ3v) is 3.90. The van der Waals surface area contributed by atoms with Crippen LogP contribution in [0.2, 0.25) is 0 Å². The second-order valence-electron chi connectivity index (χ2n) is 6.01. The van der Waals surface area contributed by atoms with Crippen LogP contribution in [0.15, 0.2) is 29.1 Å². The number of hydrogen-bond donors (Lipinski definition) is 1. The summed E-state index contributed by atoms with van der Waals surface area (Å²) in [6.45, 7) is 8.13. The second-order valence-corrected chi connectivity index (χ2v) is 6.01. The molecule has 2 amide bonds. The largest absolute Gasteiger partial charge is 0.355 e. The van der Waals surface area contributed by atoms with Gasteiger partial charge in [-0.1, -0.05) is 18.2 Å². The van der Waals surface area contributed by atoms with Crippen LogP contribution in [0.4, 0.5) is 0 Å². The summed E-state index contributed by atoms with van der Waals surface area (Å²) in [5.74, 6) is -0.585. The molecule has 2 rings (SSSR count). The van der Waals surface area contributed by atoms with Crippen LogP contribution in [0.5, 0.6) is 0 Å². The number of likely N-dealkylation sites (N-methyl/N-ethyl adjacent to an activating group) is 2. The van der Waals surface area contributed by atoms with E-state index in [2.05, 4.69) is 10.4 Å². The van der Waals surface area contributed by atoms with E-state index in [-0.39, 0.29) is 35.7 Å². The van der Waals surface area contributed by atoms with Gasteiger partial charge in [-0.15, -0.1) is 0 Å². The monoisotopic (exact) mass is 344 g/mol. The summed E-state index contributed by atoms with van der Waals surface area (Å²) < 4.78 is 1.32. The number of aromatic nitrogens is 2. The molecule has 1 aromatic heterocycles. The van der Waals surface area contributed by atoms with Gasteiger partial charge >= 0.3 is 0 Å². The van der Waals surface area contributed by atoms with Gasteiger partial charge in [0.05, 0.1) is 18.0 Å². The zero-order chi connectivity index (χ0) is 18.6. The minimum atomic E-state index is -0.362. The number of hydrogen-bond acceptors (Lipinski definition) is 4. The van der Waals surface area contributed by atoms with Crippen LogP contribution < -0.4 is 10.9 Å². The van der Waals surface area contributed by atoms with E-state index in [0.29, 0.717) is 23.9 Å². The van der Waals surface area contributed by atoms with Crippen molar-refractivity contribution in [1.29, 1.82) is 0 Å². The Hall–Kier alpha value is -2.70. The normalized spacial score (nSPS) is 10.9. The molecule has 1 aromatic carbocycles. The summed E-state index contributed by atoms with van der Waals surface area (Å²) in [5.41, 5.74) is -0.0380. The van der Waals surface area contributed by atoms with E-state index in [4.69, 9.17) is 0 Å². The average molecular weight is 344 g/mol. The number of fused-ring (bicyclic) bond motifs is 1. The first-order chi connectivity index (χ1) is 11.9. The highest BCUT2D eigenvalue weighted by Gasteiger charge is 2.23. The molecule has 1 N–H and O–H groups in total. The zero-order valence-electron chi connectivity index (χ0n) is 15.1. The third kappa shape index (κ3) is 3.87. The topological polar surface area (TPSA) is 84.3 Å². The van der Waals surface area contributed by atoms with Crippen LogP contribution in [0.1, 0.15) is 44.2 Å². The molecule has 0 aliphatic rings. The van der Waals surface area contributed by atoms with Gasteiger partial charge in [-0.3, -0.25) is 14.4 Å². The summed E-state index contributed by atoms with van der Waals surface area (Å²) >= 11 is 0. The molecule has 0 unspecified atom stereocenters. The van der Waals surface area contributed by atoms with Crippen LogP contribution in [-0.4, -0.2) is 46.1 Å². The average Bonchev–Trinajstić information content (AvgIpc) is 2.59. The highest BCUT2D eigenvalue weighted by molar-refractivity contribution is 6.05. The minimum absolute atomic E-state index is 0.0417. The van der Waals surface area contributed by atoms with E-state index >= 15 is 0 Å². The van der Waals surface area contributed by atoms with Crippen LogP contribution >= 0.6 is 0 Å². The molecule has 7 nitrogen and oxygen atoms in total. The number of nitrogens with zero attached hydrogens (tertiary/aromatic N) is 3. The lowest BCUT2D eigenvalue weighted by molar-refractivity contribution is -0.121. The Morgan fingerprint density at radius 1 is 1.20 bits per heavy atom. The highest BCUT2D eigenvalue weighted by Crippen LogP contribution is 2.16. The van der Waals surface area contributed by atoms with E-state index in [9.17, 15) is 14.4 Å². The van der Waals surface area contributed by atoms with E-state index in [1.807, 2.05) is 20.8 Å². The number of carbonyl (C=O) groups excluding carboxylic acids is 2. The van der Waals surface area contributed by atoms with Gasteiger partial charge in [0.2, 0.25) is 5.91 Å². The number of carbonyl (C=O) groups is 2. The first kappa shape index (κ1) is 18.6. The fourth-order valence-corrected chi connectivity index (χ4v) is 2.62. The lowest BCUT2D eigenvalue weighted by Crippen LogP contribution is -2.41. The van der Waals surface area contributed by atoms with Crippen molar-refractivity contribution >= 4 is 22.6 Å². The Bertz CT molecular complexity index is 842. The van der Waals surface area contributed by atoms with Crippen molar-refractivity contribution in [1.82, 2.24) is 20.0 Å². The number of rotatable bonds is 6. The maximum atomic E-state index is 13.0. The summed E-state index contributed by atoms with van der Waals surface area (Å²) in [6, 6.07) is 6.74. The Morgan fingerprint density at radius 2 is 1.84 bits per heavy atom. The Kier molecular flexibility index (Phi) is 5.90. The van der Waals surface area contributed by atoms with Crippen LogP contribution in [-0.2, 0) is 4.79 Å². The van der Waals surface area contributed by atoms with Gasteiger partial charge < -0.3 is 10.2 Å². The van der Waals surface area contributed by atoms with E-state index in [1.165, 1.54) is 9.58 Å². The summed E-state index contributed by atoms with van der Waals surface area (Å²) in [5, 5.41) is 7.94. The maximum absolute atomic E-state index is 13.0. The highest BCUT2D eigenvalue weighted by atomic mass is 16.2. The molecule has 1 heterocycles. The summed E-state index contributed by atoms with van der Waals surface area (Å²) in [4.78, 5) is 38.8. The van der Waals surface area contributed by atoms with E-state index < -0.39 is 0 Å². The molecule has 0 saturated carbocycles. The number of benzene rings is 1. The van der Waals surface area contributed by atoms with E-state index in [1.54, 1.807) is 31.2 Å². The van der Waals surface area contributed by atoms with Gasteiger partial charge in [0.1, 0.15) is 0 Å². The van der Waals surface area contributed by atoms with Gasteiger partial charge in [-0.2, -0.15) is 5.10 Å². The van der Waals surface area contributed by atoms with Crippen LogP contribution in [0.25, 0.3) is 10.8 Å². The predicted octanol–water partition coefficient (Wildman–Crippen LogP) is 1.58. The van der Waals surface area contributed by atoms with Gasteiger partial charge in [0.15, 0.2) is 5.69 Å². The van der Waals surface area contributed by atoms with Crippen LogP contribution in [0.3, 0.4) is 0 Å². The molecular weight excluding hydrogens is 320 g/mol. The second kappa shape index (κ2) is 7.92. The fourth-order valence-electron chi connectivity index (χ4n) is 2.62. The number of amides is 2. The van der Waals surface area contributed by atoms with Crippen molar-refractivity contribution in [2.45, 2.75) is 33.7 Å². The Balaban J connectivity index is 2.55. The van der Waals surface area contributed by atoms with Gasteiger partial charge in [0, 0.05) is 18.5 Å². The Morgan fingerprint density at radius 3 is 2.40 bits per heavy atom. The molecular formula is C18H24N4O3. The lowest BCUT2D eigenvalue weighted by Gasteiger charge is -2.21. The molecule has 0 radical (unpaired) electrons. The van der Waals surface area contributed by atoms with Gasteiger partial charge in [-0.05, 0) is 33.8 Å². The molecule has 0 atom stereocenters. The Labute approximate surface area is 146 Å². The quantitative estimate of drug-likeness (QED) is 0.862. The van der Waals surface area contributed by atoms with Gasteiger partial charge in [-0.25, -0.2) is 4.68 Å². The lowest BCUT2D eigenvalue weighted by atomic mass is 10.1. The summed E-state index contributed by atoms with van der Waals surface area (Å²) in [7, 11) is 0. The maximum Gasteiger partial charge on any atom is 0.275 e. The van der Waals surface area contributed by atoms with E-state index in [0.717, 1.165) is 0 Å². The molecule has 0 fully saturated rings. The SMILES string of the molecule is CCNC(=O)CN(CC)C(=O)c1nn(C(C)C)c(=O)c2ccccc12. The third-order valence-electron chi connectivity index (χ3n) is 3.90. The molecule has 0 aliphatic carbocycles. The standard InChI is InChI=1S/C18H24N4O3/c1-5-19-15(23)11-21(6-2)18(25)16-13-9-7-8-10-14(13)17(24)22(20-16)12(3)4/h7-10,12H,5-6,11H2,1-4H3,(H,19,23). The zero-order valence-corrected chi connectivity index (χ0v) is 15.1. The summed E-state index contributed by atoms with van der Waals surface area (Å²) in [6.07, 6.45) is 0. The van der Waals surface area contributed by atoms with Crippen molar-refractivity contribution in [3.63, 3.8) is 0 Å². The molecule has 7 heteroatoms. The van der Waals surface area contributed by atoms with Crippen molar-refractivity contribution in [2.24, 2.45) is 0 Å². The molecule has 25 heavy (non-hydrogen) atoms. The molecule has 0 bridgehead atoms.